The highest BCUT2D eigenvalue weighted by molar-refractivity contribution is 5.74. The minimum atomic E-state index is -0.213. The van der Waals surface area contributed by atoms with E-state index < -0.39 is 0 Å². The van der Waals surface area contributed by atoms with Crippen molar-refractivity contribution in [3.63, 3.8) is 0 Å². The second-order valence-electron chi connectivity index (χ2n) is 6.10. The summed E-state index contributed by atoms with van der Waals surface area (Å²) in [6.45, 7) is 9.56. The third kappa shape index (κ3) is 5.69. The maximum atomic E-state index is 12.2. The molecule has 2 N–H and O–H groups in total. The van der Waals surface area contributed by atoms with E-state index in [1.807, 2.05) is 70.2 Å². The number of ether oxygens (including phenoxy) is 2. The van der Waals surface area contributed by atoms with E-state index in [0.717, 1.165) is 28.2 Å². The zero-order valence-corrected chi connectivity index (χ0v) is 16.0. The van der Waals surface area contributed by atoms with Gasteiger partial charge in [0.1, 0.15) is 11.5 Å². The quantitative estimate of drug-likeness (QED) is 0.739. The lowest BCUT2D eigenvalue weighted by Gasteiger charge is -2.19. The molecule has 0 spiro atoms. The average molecular weight is 356 g/mol. The van der Waals surface area contributed by atoms with Gasteiger partial charge in [0.2, 0.25) is 0 Å². The van der Waals surface area contributed by atoms with Gasteiger partial charge in [-0.1, -0.05) is 29.8 Å². The summed E-state index contributed by atoms with van der Waals surface area (Å²) in [5.41, 5.74) is 3.12. The Morgan fingerprint density at radius 2 is 1.73 bits per heavy atom. The molecule has 2 aromatic carbocycles. The molecule has 0 heterocycles. The number of nitrogens with one attached hydrogen (secondary N) is 2. The van der Waals surface area contributed by atoms with Crippen molar-refractivity contribution in [3.8, 4) is 11.5 Å². The molecule has 26 heavy (non-hydrogen) atoms. The lowest BCUT2D eigenvalue weighted by Crippen LogP contribution is -2.36. The maximum absolute atomic E-state index is 12.2. The van der Waals surface area contributed by atoms with Crippen LogP contribution in [0.15, 0.2) is 42.5 Å². The summed E-state index contributed by atoms with van der Waals surface area (Å²) >= 11 is 0. The number of hydrogen-bond donors (Lipinski definition) is 2. The molecule has 2 aromatic rings. The molecular formula is C21H28N2O3. The Hall–Kier alpha value is -2.69. The molecule has 1 unspecified atom stereocenters. The van der Waals surface area contributed by atoms with E-state index in [0.29, 0.717) is 19.8 Å². The number of carbonyl (C=O) groups excluding carboxylic acids is 1. The van der Waals surface area contributed by atoms with Crippen LogP contribution in [0.25, 0.3) is 0 Å². The van der Waals surface area contributed by atoms with Crippen molar-refractivity contribution in [2.45, 2.75) is 40.3 Å². The Morgan fingerprint density at radius 1 is 1.04 bits per heavy atom. The van der Waals surface area contributed by atoms with Gasteiger partial charge in [0.25, 0.3) is 0 Å². The minimum absolute atomic E-state index is 0.156. The van der Waals surface area contributed by atoms with Crippen molar-refractivity contribution in [2.24, 2.45) is 0 Å². The summed E-state index contributed by atoms with van der Waals surface area (Å²) in [4.78, 5) is 12.2. The van der Waals surface area contributed by atoms with Gasteiger partial charge < -0.3 is 20.1 Å². The molecule has 5 heteroatoms. The first-order valence-electron chi connectivity index (χ1n) is 9.03. The normalized spacial score (nSPS) is 11.5. The first-order valence-corrected chi connectivity index (χ1v) is 9.03. The molecule has 0 fully saturated rings. The molecule has 0 radical (unpaired) electrons. The van der Waals surface area contributed by atoms with E-state index in [4.69, 9.17) is 9.47 Å². The van der Waals surface area contributed by atoms with Crippen molar-refractivity contribution in [3.05, 3.63) is 59.2 Å². The highest BCUT2D eigenvalue weighted by atomic mass is 16.5. The largest absolute Gasteiger partial charge is 0.494 e. The molecule has 0 aliphatic carbocycles. The van der Waals surface area contributed by atoms with Crippen LogP contribution in [0.3, 0.4) is 0 Å². The lowest BCUT2D eigenvalue weighted by molar-refractivity contribution is 0.237. The van der Waals surface area contributed by atoms with Gasteiger partial charge in [-0.05, 0) is 51.5 Å². The number of carbonyl (C=O) groups is 1. The van der Waals surface area contributed by atoms with Crippen molar-refractivity contribution in [2.75, 3.05) is 13.2 Å². The standard InChI is InChI=1S/C21H28N2O3/c1-5-25-18-10-8-17(9-11-18)14-22-21(24)23-16(4)19-13-15(3)7-12-20(19)26-6-2/h7-13,16H,5-6,14H2,1-4H3,(H2,22,23,24). The molecule has 0 aromatic heterocycles. The van der Waals surface area contributed by atoms with Crippen LogP contribution in [-0.2, 0) is 6.54 Å². The lowest BCUT2D eigenvalue weighted by atomic mass is 10.0. The van der Waals surface area contributed by atoms with Crippen LogP contribution in [-0.4, -0.2) is 19.2 Å². The van der Waals surface area contributed by atoms with Crippen molar-refractivity contribution in [1.82, 2.24) is 10.6 Å². The summed E-state index contributed by atoms with van der Waals surface area (Å²) in [6, 6.07) is 13.3. The van der Waals surface area contributed by atoms with Crippen LogP contribution in [0.4, 0.5) is 4.79 Å². The first kappa shape index (κ1) is 19.6. The Labute approximate surface area is 155 Å². The predicted octanol–water partition coefficient (Wildman–Crippen LogP) is 4.35. The molecule has 1 atom stereocenters. The zero-order valence-electron chi connectivity index (χ0n) is 16.0. The van der Waals surface area contributed by atoms with Crippen LogP contribution in [0, 0.1) is 6.92 Å². The van der Waals surface area contributed by atoms with Crippen LogP contribution in [0.5, 0.6) is 11.5 Å². The van der Waals surface area contributed by atoms with Crippen LogP contribution in [0.2, 0.25) is 0 Å². The molecular weight excluding hydrogens is 328 g/mol. The van der Waals surface area contributed by atoms with Gasteiger partial charge >= 0.3 is 6.03 Å². The number of amides is 2. The van der Waals surface area contributed by atoms with E-state index in [1.165, 1.54) is 0 Å². The van der Waals surface area contributed by atoms with Crippen molar-refractivity contribution < 1.29 is 14.3 Å². The van der Waals surface area contributed by atoms with Gasteiger partial charge in [-0.3, -0.25) is 0 Å². The summed E-state index contributed by atoms with van der Waals surface area (Å²) in [5.74, 6) is 1.63. The highest BCUT2D eigenvalue weighted by Gasteiger charge is 2.14. The summed E-state index contributed by atoms with van der Waals surface area (Å²) in [5, 5.41) is 5.85. The third-order valence-corrected chi connectivity index (χ3v) is 3.97. The smallest absolute Gasteiger partial charge is 0.315 e. The maximum Gasteiger partial charge on any atom is 0.315 e. The highest BCUT2D eigenvalue weighted by Crippen LogP contribution is 2.26. The van der Waals surface area contributed by atoms with Crippen LogP contribution < -0.4 is 20.1 Å². The van der Waals surface area contributed by atoms with Gasteiger partial charge in [-0.2, -0.15) is 0 Å². The Bertz CT molecular complexity index is 714. The summed E-state index contributed by atoms with van der Waals surface area (Å²) in [6.07, 6.45) is 0. The van der Waals surface area contributed by atoms with Gasteiger partial charge in [0, 0.05) is 12.1 Å². The van der Waals surface area contributed by atoms with E-state index in [9.17, 15) is 4.79 Å². The molecule has 0 aliphatic rings. The number of urea groups is 1. The molecule has 2 amide bonds. The topological polar surface area (TPSA) is 59.6 Å². The Balaban J connectivity index is 1.92. The fourth-order valence-electron chi connectivity index (χ4n) is 2.67. The van der Waals surface area contributed by atoms with Gasteiger partial charge in [-0.15, -0.1) is 0 Å². The molecule has 0 aliphatic heterocycles. The second-order valence-corrected chi connectivity index (χ2v) is 6.10. The van der Waals surface area contributed by atoms with Crippen molar-refractivity contribution >= 4 is 6.03 Å². The van der Waals surface area contributed by atoms with Crippen molar-refractivity contribution in [1.29, 1.82) is 0 Å². The molecule has 0 saturated carbocycles. The summed E-state index contributed by atoms with van der Waals surface area (Å²) < 4.78 is 11.1. The second kappa shape index (κ2) is 9.70. The Morgan fingerprint density at radius 3 is 2.38 bits per heavy atom. The number of rotatable bonds is 8. The molecule has 5 nitrogen and oxygen atoms in total. The molecule has 140 valence electrons. The van der Waals surface area contributed by atoms with Crippen LogP contribution in [0.1, 0.15) is 43.5 Å². The minimum Gasteiger partial charge on any atom is -0.494 e. The third-order valence-electron chi connectivity index (χ3n) is 3.97. The average Bonchev–Trinajstić information content (AvgIpc) is 2.63. The zero-order chi connectivity index (χ0) is 18.9. The van der Waals surface area contributed by atoms with E-state index in [2.05, 4.69) is 10.6 Å². The van der Waals surface area contributed by atoms with Gasteiger partial charge in [0.05, 0.1) is 19.3 Å². The van der Waals surface area contributed by atoms with E-state index >= 15 is 0 Å². The van der Waals surface area contributed by atoms with E-state index in [1.54, 1.807) is 0 Å². The first-order chi connectivity index (χ1) is 12.5. The predicted molar refractivity (Wildman–Crippen MR) is 104 cm³/mol. The fraction of sp³-hybridized carbons (Fsp3) is 0.381. The van der Waals surface area contributed by atoms with Gasteiger partial charge in [0.15, 0.2) is 0 Å². The molecule has 0 bridgehead atoms. The number of hydrogen-bond acceptors (Lipinski definition) is 3. The fourth-order valence-corrected chi connectivity index (χ4v) is 2.67. The van der Waals surface area contributed by atoms with E-state index in [-0.39, 0.29) is 12.1 Å². The number of aryl methyl sites for hydroxylation is 1. The van der Waals surface area contributed by atoms with Gasteiger partial charge in [-0.25, -0.2) is 4.79 Å². The molecule has 0 saturated heterocycles. The SMILES string of the molecule is CCOc1ccc(CNC(=O)NC(C)c2cc(C)ccc2OCC)cc1. The van der Waals surface area contributed by atoms with Crippen LogP contribution >= 0.6 is 0 Å². The summed E-state index contributed by atoms with van der Waals surface area (Å²) in [7, 11) is 0. The number of benzene rings is 2. The monoisotopic (exact) mass is 356 g/mol. The molecule has 2 rings (SSSR count). The Kier molecular flexibility index (Phi) is 7.33.